The van der Waals surface area contributed by atoms with Gasteiger partial charge in [-0.2, -0.15) is 0 Å². The van der Waals surface area contributed by atoms with Gasteiger partial charge in [-0.1, -0.05) is 30.3 Å². The average molecular weight is 481 g/mol. The van der Waals surface area contributed by atoms with Crippen LogP contribution in [0, 0.1) is 6.92 Å². The van der Waals surface area contributed by atoms with E-state index in [4.69, 9.17) is 15.2 Å². The Balaban J connectivity index is 0.00000261. The van der Waals surface area contributed by atoms with Crippen molar-refractivity contribution in [3.05, 3.63) is 59.2 Å². The summed E-state index contributed by atoms with van der Waals surface area (Å²) < 4.78 is 10.6. The third-order valence-electron chi connectivity index (χ3n) is 5.06. The normalized spacial score (nSPS) is 14.9. The summed E-state index contributed by atoms with van der Waals surface area (Å²) in [7, 11) is 3.25. The van der Waals surface area contributed by atoms with Gasteiger partial charge in [0.15, 0.2) is 17.5 Å². The van der Waals surface area contributed by atoms with Gasteiger partial charge in [-0.15, -0.1) is 24.0 Å². The molecular weight excluding hydrogens is 453 g/mol. The molecule has 6 heteroatoms. The molecule has 0 saturated heterocycles. The Bertz CT molecular complexity index is 804. The van der Waals surface area contributed by atoms with Crippen molar-refractivity contribution in [1.29, 1.82) is 0 Å². The average Bonchev–Trinajstić information content (AvgIpc) is 3.45. The van der Waals surface area contributed by atoms with Crippen molar-refractivity contribution >= 4 is 29.9 Å². The molecule has 1 aliphatic carbocycles. The lowest BCUT2D eigenvalue weighted by Gasteiger charge is -2.19. The molecule has 1 saturated carbocycles. The van der Waals surface area contributed by atoms with Crippen molar-refractivity contribution in [1.82, 2.24) is 5.32 Å². The molecule has 0 spiro atoms. The van der Waals surface area contributed by atoms with E-state index in [2.05, 4.69) is 41.5 Å². The van der Waals surface area contributed by atoms with Gasteiger partial charge in [-0.05, 0) is 48.6 Å². The van der Waals surface area contributed by atoms with Gasteiger partial charge in [0.25, 0.3) is 0 Å². The Morgan fingerprint density at radius 1 is 1.11 bits per heavy atom. The maximum Gasteiger partial charge on any atom is 0.188 e. The SMILES string of the molecule is COc1ccc(CN=C(N)NCC2(c3ccccc3C)CC2)cc1OC.I. The van der Waals surface area contributed by atoms with Gasteiger partial charge in [0.05, 0.1) is 20.8 Å². The van der Waals surface area contributed by atoms with Gasteiger partial charge >= 0.3 is 0 Å². The van der Waals surface area contributed by atoms with Crippen LogP contribution in [0.1, 0.15) is 29.5 Å². The third kappa shape index (κ3) is 5.06. The minimum absolute atomic E-state index is 0. The molecule has 0 aromatic heterocycles. The zero-order valence-corrected chi connectivity index (χ0v) is 18.4. The van der Waals surface area contributed by atoms with E-state index in [9.17, 15) is 0 Å². The Labute approximate surface area is 178 Å². The Hall–Kier alpha value is -1.96. The van der Waals surface area contributed by atoms with Gasteiger partial charge in [0.1, 0.15) is 0 Å². The molecule has 5 nitrogen and oxygen atoms in total. The number of nitrogens with one attached hydrogen (secondary N) is 1. The highest BCUT2D eigenvalue weighted by Gasteiger charge is 2.44. The molecule has 3 rings (SSSR count). The Morgan fingerprint density at radius 3 is 2.44 bits per heavy atom. The fraction of sp³-hybridized carbons (Fsp3) is 0.381. The maximum absolute atomic E-state index is 6.08. The highest BCUT2D eigenvalue weighted by molar-refractivity contribution is 14.0. The van der Waals surface area contributed by atoms with Crippen LogP contribution in [0.15, 0.2) is 47.5 Å². The third-order valence-corrected chi connectivity index (χ3v) is 5.06. The lowest BCUT2D eigenvalue weighted by molar-refractivity contribution is 0.354. The summed E-state index contributed by atoms with van der Waals surface area (Å²) in [6, 6.07) is 14.4. The van der Waals surface area contributed by atoms with Crippen molar-refractivity contribution in [2.45, 2.75) is 31.7 Å². The minimum Gasteiger partial charge on any atom is -0.493 e. The molecule has 3 N–H and O–H groups in total. The van der Waals surface area contributed by atoms with Gasteiger partial charge in [0.2, 0.25) is 0 Å². The van der Waals surface area contributed by atoms with Gasteiger partial charge in [0, 0.05) is 12.0 Å². The largest absolute Gasteiger partial charge is 0.493 e. The highest BCUT2D eigenvalue weighted by atomic mass is 127. The summed E-state index contributed by atoms with van der Waals surface area (Å²) >= 11 is 0. The second kappa shape index (κ2) is 9.30. The van der Waals surface area contributed by atoms with E-state index >= 15 is 0 Å². The van der Waals surface area contributed by atoms with Crippen molar-refractivity contribution in [3.63, 3.8) is 0 Å². The number of halogens is 1. The first-order valence-electron chi connectivity index (χ1n) is 8.89. The van der Waals surface area contributed by atoms with Crippen LogP contribution in [0.4, 0.5) is 0 Å². The maximum atomic E-state index is 6.08. The molecule has 146 valence electrons. The van der Waals surface area contributed by atoms with E-state index in [-0.39, 0.29) is 29.4 Å². The van der Waals surface area contributed by atoms with Crippen LogP contribution >= 0.6 is 24.0 Å². The number of ether oxygens (including phenoxy) is 2. The lowest BCUT2D eigenvalue weighted by Crippen LogP contribution is -2.37. The second-order valence-electron chi connectivity index (χ2n) is 6.84. The van der Waals surface area contributed by atoms with Crippen molar-refractivity contribution in [2.75, 3.05) is 20.8 Å². The van der Waals surface area contributed by atoms with Crippen LogP contribution in [0.3, 0.4) is 0 Å². The molecule has 0 unspecified atom stereocenters. The van der Waals surface area contributed by atoms with Crippen LogP contribution in [-0.2, 0) is 12.0 Å². The zero-order chi connectivity index (χ0) is 18.6. The van der Waals surface area contributed by atoms with Crippen LogP contribution in [-0.4, -0.2) is 26.7 Å². The first-order chi connectivity index (χ1) is 12.6. The number of aryl methyl sites for hydroxylation is 1. The fourth-order valence-corrected chi connectivity index (χ4v) is 3.33. The van der Waals surface area contributed by atoms with E-state index in [1.54, 1.807) is 14.2 Å². The Kier molecular flexibility index (Phi) is 7.35. The number of hydrogen-bond donors (Lipinski definition) is 2. The van der Waals surface area contributed by atoms with Crippen molar-refractivity contribution in [2.24, 2.45) is 10.7 Å². The minimum atomic E-state index is 0. The quantitative estimate of drug-likeness (QED) is 0.359. The van der Waals surface area contributed by atoms with Crippen LogP contribution in [0.2, 0.25) is 0 Å². The molecule has 2 aromatic carbocycles. The number of benzene rings is 2. The lowest BCUT2D eigenvalue weighted by atomic mass is 9.92. The van der Waals surface area contributed by atoms with E-state index in [1.165, 1.54) is 24.0 Å². The van der Waals surface area contributed by atoms with E-state index in [1.807, 2.05) is 18.2 Å². The number of aliphatic imine (C=N–C) groups is 1. The molecule has 0 bridgehead atoms. The second-order valence-corrected chi connectivity index (χ2v) is 6.84. The van der Waals surface area contributed by atoms with Gasteiger partial charge in [-0.3, -0.25) is 0 Å². The molecule has 0 radical (unpaired) electrons. The number of methoxy groups -OCH3 is 2. The number of guanidine groups is 1. The summed E-state index contributed by atoms with van der Waals surface area (Å²) in [6.07, 6.45) is 2.38. The standard InChI is InChI=1S/C21H27N3O2.HI/c1-15-6-4-5-7-17(15)21(10-11-21)14-24-20(22)23-13-16-8-9-18(25-2)19(12-16)26-3;/h4-9,12H,10-11,13-14H2,1-3H3,(H3,22,23,24);1H. The molecule has 1 fully saturated rings. The molecule has 0 amide bonds. The number of nitrogens with two attached hydrogens (primary N) is 1. The molecule has 0 atom stereocenters. The van der Waals surface area contributed by atoms with E-state index in [0.29, 0.717) is 24.0 Å². The summed E-state index contributed by atoms with van der Waals surface area (Å²) in [5.41, 5.74) is 10.1. The molecule has 27 heavy (non-hydrogen) atoms. The number of hydrogen-bond acceptors (Lipinski definition) is 3. The topological polar surface area (TPSA) is 68.9 Å². The molecule has 0 heterocycles. The number of nitrogens with zero attached hydrogens (tertiary/aromatic N) is 1. The predicted octanol–water partition coefficient (Wildman–Crippen LogP) is 3.77. The first kappa shape index (κ1) is 21.3. The van der Waals surface area contributed by atoms with E-state index < -0.39 is 0 Å². The molecule has 1 aliphatic rings. The monoisotopic (exact) mass is 481 g/mol. The predicted molar refractivity (Wildman–Crippen MR) is 120 cm³/mol. The smallest absolute Gasteiger partial charge is 0.188 e. The van der Waals surface area contributed by atoms with Crippen LogP contribution in [0.25, 0.3) is 0 Å². The summed E-state index contributed by atoms with van der Waals surface area (Å²) in [4.78, 5) is 4.46. The summed E-state index contributed by atoms with van der Waals surface area (Å²) in [5.74, 6) is 1.88. The van der Waals surface area contributed by atoms with Crippen LogP contribution in [0.5, 0.6) is 11.5 Å². The first-order valence-corrected chi connectivity index (χ1v) is 8.89. The summed E-state index contributed by atoms with van der Waals surface area (Å²) in [5, 5.41) is 3.30. The van der Waals surface area contributed by atoms with Crippen molar-refractivity contribution < 1.29 is 9.47 Å². The molecule has 2 aromatic rings. The molecule has 0 aliphatic heterocycles. The molecular formula is C21H28IN3O2. The highest BCUT2D eigenvalue weighted by Crippen LogP contribution is 2.48. The fourth-order valence-electron chi connectivity index (χ4n) is 3.33. The van der Waals surface area contributed by atoms with E-state index in [0.717, 1.165) is 12.1 Å². The van der Waals surface area contributed by atoms with Crippen molar-refractivity contribution in [3.8, 4) is 11.5 Å². The number of rotatable bonds is 7. The van der Waals surface area contributed by atoms with Crippen LogP contribution < -0.4 is 20.5 Å². The van der Waals surface area contributed by atoms with Gasteiger partial charge in [-0.25, -0.2) is 4.99 Å². The Morgan fingerprint density at radius 2 is 1.81 bits per heavy atom. The summed E-state index contributed by atoms with van der Waals surface area (Å²) in [6.45, 7) is 3.49. The zero-order valence-electron chi connectivity index (χ0n) is 16.1. The van der Waals surface area contributed by atoms with Gasteiger partial charge < -0.3 is 20.5 Å².